The number of hydrogen-bond donors (Lipinski definition) is 3. The van der Waals surface area contributed by atoms with Gasteiger partial charge in [0.1, 0.15) is 11.5 Å². The molecule has 5 nitrogen and oxygen atoms in total. The second-order valence-corrected chi connectivity index (χ2v) is 9.24. The standard InChI is InChI=1S/C26H40N2O3/c1-7-8-9-10-19-16-22(29)24(21-15-18(4)11-12-20(21)17(2)3)25(30)23(19)26(31)27-13-14-28(5)6/h15-16,20-21,29-30H,2,7-14H2,1,3-6H3,(H,27,31)/t20-,21+/m0/s1. The topological polar surface area (TPSA) is 72.8 Å². The quantitative estimate of drug-likeness (QED) is 0.356. The van der Waals surface area contributed by atoms with Crippen LogP contribution < -0.4 is 5.32 Å². The van der Waals surface area contributed by atoms with Gasteiger partial charge in [0.2, 0.25) is 0 Å². The van der Waals surface area contributed by atoms with E-state index in [0.717, 1.165) is 37.7 Å². The first-order chi connectivity index (χ1) is 14.7. The summed E-state index contributed by atoms with van der Waals surface area (Å²) in [7, 11) is 3.90. The molecular formula is C26H40N2O3. The van der Waals surface area contributed by atoms with E-state index in [1.807, 2.05) is 25.9 Å². The predicted octanol–water partition coefficient (Wildman–Crippen LogP) is 5.14. The Kier molecular flexibility index (Phi) is 9.17. The molecule has 1 aromatic carbocycles. The van der Waals surface area contributed by atoms with Crippen LogP contribution in [0.4, 0.5) is 0 Å². The lowest BCUT2D eigenvalue weighted by molar-refractivity contribution is 0.0947. The van der Waals surface area contributed by atoms with E-state index in [4.69, 9.17) is 0 Å². The fraction of sp³-hybridized carbons (Fsp3) is 0.577. The molecular weight excluding hydrogens is 388 g/mol. The third-order valence-electron chi connectivity index (χ3n) is 6.23. The van der Waals surface area contributed by atoms with Crippen molar-refractivity contribution in [2.24, 2.45) is 5.92 Å². The fourth-order valence-electron chi connectivity index (χ4n) is 4.46. The molecule has 0 bridgehead atoms. The summed E-state index contributed by atoms with van der Waals surface area (Å²) in [4.78, 5) is 15.1. The zero-order chi connectivity index (χ0) is 23.1. The number of phenolic OH excluding ortho intramolecular Hbond substituents is 2. The van der Waals surface area contributed by atoms with E-state index in [-0.39, 0.29) is 29.2 Å². The van der Waals surface area contributed by atoms with Gasteiger partial charge in [-0.25, -0.2) is 0 Å². The van der Waals surface area contributed by atoms with Crippen LogP contribution in [0.5, 0.6) is 11.5 Å². The number of aryl methyl sites for hydroxylation is 1. The molecule has 1 aromatic rings. The van der Waals surface area contributed by atoms with Gasteiger partial charge in [0.25, 0.3) is 5.91 Å². The number of unbranched alkanes of at least 4 members (excludes halogenated alkanes) is 2. The van der Waals surface area contributed by atoms with Crippen molar-refractivity contribution < 1.29 is 15.0 Å². The van der Waals surface area contributed by atoms with E-state index in [0.29, 0.717) is 36.2 Å². The van der Waals surface area contributed by atoms with Gasteiger partial charge in [0.15, 0.2) is 0 Å². The average Bonchev–Trinajstić information content (AvgIpc) is 2.67. The Morgan fingerprint density at radius 2 is 2.00 bits per heavy atom. The minimum absolute atomic E-state index is 0.0658. The van der Waals surface area contributed by atoms with E-state index in [1.54, 1.807) is 6.07 Å². The van der Waals surface area contributed by atoms with Gasteiger partial charge < -0.3 is 20.4 Å². The molecule has 172 valence electrons. The van der Waals surface area contributed by atoms with Gasteiger partial charge in [-0.15, -0.1) is 0 Å². The molecule has 31 heavy (non-hydrogen) atoms. The van der Waals surface area contributed by atoms with E-state index in [2.05, 4.69) is 31.8 Å². The molecule has 0 saturated carbocycles. The van der Waals surface area contributed by atoms with Crippen molar-refractivity contribution in [3.8, 4) is 11.5 Å². The summed E-state index contributed by atoms with van der Waals surface area (Å²) < 4.78 is 0. The van der Waals surface area contributed by atoms with Gasteiger partial charge in [0, 0.05) is 24.6 Å². The molecule has 0 spiro atoms. The monoisotopic (exact) mass is 428 g/mol. The molecule has 0 fully saturated rings. The first-order valence-corrected chi connectivity index (χ1v) is 11.5. The highest BCUT2D eigenvalue weighted by Gasteiger charge is 2.33. The molecule has 0 heterocycles. The van der Waals surface area contributed by atoms with Gasteiger partial charge in [0.05, 0.1) is 5.56 Å². The molecule has 0 radical (unpaired) electrons. The number of likely N-dealkylation sites (N-methyl/N-ethyl adjacent to an activating group) is 1. The van der Waals surface area contributed by atoms with Crippen molar-refractivity contribution in [1.82, 2.24) is 10.2 Å². The number of aromatic hydroxyl groups is 2. The van der Waals surface area contributed by atoms with Crippen LogP contribution in [0.2, 0.25) is 0 Å². The van der Waals surface area contributed by atoms with Crippen LogP contribution in [0.15, 0.2) is 29.9 Å². The number of carbonyl (C=O) groups excluding carboxylic acids is 1. The summed E-state index contributed by atoms with van der Waals surface area (Å²) >= 11 is 0. The number of rotatable bonds is 10. The smallest absolute Gasteiger partial charge is 0.255 e. The number of allylic oxidation sites excluding steroid dienone is 3. The van der Waals surface area contributed by atoms with Crippen LogP contribution in [0.25, 0.3) is 0 Å². The van der Waals surface area contributed by atoms with Crippen molar-refractivity contribution in [3.63, 3.8) is 0 Å². The zero-order valence-electron chi connectivity index (χ0n) is 19.9. The number of carbonyl (C=O) groups is 1. The fourth-order valence-corrected chi connectivity index (χ4v) is 4.46. The minimum atomic E-state index is -0.282. The second-order valence-electron chi connectivity index (χ2n) is 9.24. The van der Waals surface area contributed by atoms with Gasteiger partial charge in [-0.05, 0) is 71.2 Å². The molecule has 5 heteroatoms. The van der Waals surface area contributed by atoms with Crippen LogP contribution >= 0.6 is 0 Å². The van der Waals surface area contributed by atoms with E-state index >= 15 is 0 Å². The van der Waals surface area contributed by atoms with Crippen LogP contribution in [-0.4, -0.2) is 48.2 Å². The Balaban J connectivity index is 2.53. The first-order valence-electron chi connectivity index (χ1n) is 11.5. The maximum absolute atomic E-state index is 13.1. The molecule has 2 rings (SSSR count). The van der Waals surface area contributed by atoms with Gasteiger partial charge >= 0.3 is 0 Å². The van der Waals surface area contributed by atoms with E-state index < -0.39 is 0 Å². The van der Waals surface area contributed by atoms with Crippen LogP contribution in [-0.2, 0) is 6.42 Å². The minimum Gasteiger partial charge on any atom is -0.507 e. The van der Waals surface area contributed by atoms with E-state index in [9.17, 15) is 15.0 Å². The summed E-state index contributed by atoms with van der Waals surface area (Å²) in [6.07, 6.45) is 7.66. The number of amides is 1. The lowest BCUT2D eigenvalue weighted by Gasteiger charge is -2.32. The Morgan fingerprint density at radius 3 is 2.61 bits per heavy atom. The molecule has 2 atom stereocenters. The van der Waals surface area contributed by atoms with Crippen LogP contribution in [0.1, 0.15) is 80.3 Å². The third kappa shape index (κ3) is 6.36. The Hall–Kier alpha value is -2.27. The summed E-state index contributed by atoms with van der Waals surface area (Å²) in [5.74, 6) is -0.372. The summed E-state index contributed by atoms with van der Waals surface area (Å²) in [5.41, 5.74) is 3.71. The highest BCUT2D eigenvalue weighted by molar-refractivity contribution is 5.99. The van der Waals surface area contributed by atoms with Crippen LogP contribution in [0, 0.1) is 5.92 Å². The van der Waals surface area contributed by atoms with Crippen molar-refractivity contribution in [1.29, 1.82) is 0 Å². The number of nitrogens with zero attached hydrogens (tertiary/aromatic N) is 1. The van der Waals surface area contributed by atoms with Gasteiger partial charge in [-0.2, -0.15) is 0 Å². The van der Waals surface area contributed by atoms with Gasteiger partial charge in [-0.1, -0.05) is 43.6 Å². The largest absolute Gasteiger partial charge is 0.507 e. The maximum Gasteiger partial charge on any atom is 0.255 e. The molecule has 1 amide bonds. The number of hydrogen-bond acceptors (Lipinski definition) is 4. The lowest BCUT2D eigenvalue weighted by atomic mass is 9.73. The molecule has 0 unspecified atom stereocenters. The van der Waals surface area contributed by atoms with Crippen molar-refractivity contribution in [3.05, 3.63) is 46.6 Å². The van der Waals surface area contributed by atoms with Crippen molar-refractivity contribution in [2.45, 2.75) is 65.2 Å². The third-order valence-corrected chi connectivity index (χ3v) is 6.23. The Bertz CT molecular complexity index is 826. The maximum atomic E-state index is 13.1. The van der Waals surface area contributed by atoms with Gasteiger partial charge in [-0.3, -0.25) is 4.79 Å². The SMILES string of the molecule is C=C(C)[C@@H]1CCC(C)=C[C@H]1c1c(O)cc(CCCCC)c(C(=O)NCCN(C)C)c1O. The summed E-state index contributed by atoms with van der Waals surface area (Å²) in [6.45, 7) is 11.5. The number of nitrogens with one attached hydrogen (secondary N) is 1. The summed E-state index contributed by atoms with van der Waals surface area (Å²) in [6, 6.07) is 1.69. The average molecular weight is 429 g/mol. The molecule has 0 aromatic heterocycles. The number of phenols is 2. The Labute approximate surface area is 187 Å². The summed E-state index contributed by atoms with van der Waals surface area (Å²) in [5, 5.41) is 25.2. The Morgan fingerprint density at radius 1 is 1.29 bits per heavy atom. The first kappa shape index (κ1) is 25.0. The zero-order valence-corrected chi connectivity index (χ0v) is 19.9. The van der Waals surface area contributed by atoms with Crippen LogP contribution in [0.3, 0.4) is 0 Å². The second kappa shape index (κ2) is 11.4. The molecule has 0 saturated heterocycles. The molecule has 0 aliphatic heterocycles. The molecule has 1 aliphatic carbocycles. The predicted molar refractivity (Wildman–Crippen MR) is 128 cm³/mol. The van der Waals surface area contributed by atoms with Crippen molar-refractivity contribution in [2.75, 3.05) is 27.2 Å². The normalized spacial score (nSPS) is 18.7. The molecule has 1 aliphatic rings. The highest BCUT2D eigenvalue weighted by Crippen LogP contribution is 2.48. The van der Waals surface area contributed by atoms with E-state index in [1.165, 1.54) is 5.57 Å². The molecule has 3 N–H and O–H groups in total. The number of benzene rings is 1. The highest BCUT2D eigenvalue weighted by atomic mass is 16.3. The van der Waals surface area contributed by atoms with Crippen molar-refractivity contribution >= 4 is 5.91 Å². The lowest BCUT2D eigenvalue weighted by Crippen LogP contribution is -2.32.